The first-order valence-electron chi connectivity index (χ1n) is 8.97. The summed E-state index contributed by atoms with van der Waals surface area (Å²) in [4.78, 5) is 19.3. The molecule has 8 heteroatoms. The van der Waals surface area contributed by atoms with Crippen molar-refractivity contribution in [1.82, 2.24) is 10.3 Å². The molecule has 1 aliphatic rings. The smallest absolute Gasteiger partial charge is 0.377 e. The third-order valence-electron chi connectivity index (χ3n) is 4.94. The first kappa shape index (κ1) is 20.0. The molecule has 2 heterocycles. The van der Waals surface area contributed by atoms with Crippen molar-refractivity contribution in [3.05, 3.63) is 53.9 Å². The minimum atomic E-state index is -4.45. The second-order valence-electron chi connectivity index (χ2n) is 7.20. The number of nitrogens with one attached hydrogen (secondary N) is 1. The highest BCUT2D eigenvalue weighted by Crippen LogP contribution is 2.37. The van der Waals surface area contributed by atoms with Gasteiger partial charge in [-0.3, -0.25) is 9.78 Å². The fourth-order valence-corrected chi connectivity index (χ4v) is 3.70. The number of anilines is 2. The van der Waals surface area contributed by atoms with Gasteiger partial charge in [0.05, 0.1) is 23.5 Å². The van der Waals surface area contributed by atoms with E-state index in [9.17, 15) is 18.0 Å². The maximum atomic E-state index is 13.1. The lowest BCUT2D eigenvalue weighted by Gasteiger charge is -2.25. The number of carbonyl (C=O) groups is 1. The van der Waals surface area contributed by atoms with Crippen LogP contribution in [0, 0.1) is 0 Å². The number of hydrogen-bond donors (Lipinski definition) is 1. The summed E-state index contributed by atoms with van der Waals surface area (Å²) in [6, 6.07) is 8.76. The number of amides is 1. The van der Waals surface area contributed by atoms with Crippen LogP contribution in [-0.4, -0.2) is 44.1 Å². The Morgan fingerprint density at radius 2 is 1.93 bits per heavy atom. The number of para-hydroxylation sites is 1. The van der Waals surface area contributed by atoms with E-state index in [1.165, 1.54) is 13.1 Å². The largest absolute Gasteiger partial charge is 0.417 e. The average molecular weight is 392 g/mol. The Morgan fingerprint density at radius 3 is 2.57 bits per heavy atom. The van der Waals surface area contributed by atoms with Crippen LogP contribution in [0.3, 0.4) is 0 Å². The quantitative estimate of drug-likeness (QED) is 0.868. The van der Waals surface area contributed by atoms with E-state index in [4.69, 9.17) is 0 Å². The standard InChI is InChI=1S/C20H23F3N4O/c1-13(28)25-18-12-27(15-8-14(9-24-10-15)20(21,22)23)11-17(18)16-6-4-5-7-19(16)26(2)3/h4-10,17-18H,11-12H2,1-3H3,(H,25,28). The van der Waals surface area contributed by atoms with Crippen molar-refractivity contribution >= 4 is 17.3 Å². The monoisotopic (exact) mass is 392 g/mol. The van der Waals surface area contributed by atoms with E-state index >= 15 is 0 Å². The van der Waals surface area contributed by atoms with Gasteiger partial charge in [-0.2, -0.15) is 13.2 Å². The molecule has 1 aromatic heterocycles. The molecule has 28 heavy (non-hydrogen) atoms. The van der Waals surface area contributed by atoms with Crippen LogP contribution in [0.1, 0.15) is 24.0 Å². The Labute approximate surface area is 162 Å². The molecule has 1 N–H and O–H groups in total. The van der Waals surface area contributed by atoms with Crippen molar-refractivity contribution < 1.29 is 18.0 Å². The summed E-state index contributed by atoms with van der Waals surface area (Å²) in [5.41, 5.74) is 1.69. The molecule has 0 spiro atoms. The minimum Gasteiger partial charge on any atom is -0.377 e. The summed E-state index contributed by atoms with van der Waals surface area (Å²) < 4.78 is 39.2. The zero-order chi connectivity index (χ0) is 20.5. The summed E-state index contributed by atoms with van der Waals surface area (Å²) >= 11 is 0. The molecular weight excluding hydrogens is 369 g/mol. The predicted molar refractivity (Wildman–Crippen MR) is 103 cm³/mol. The van der Waals surface area contributed by atoms with Gasteiger partial charge in [0.15, 0.2) is 0 Å². The summed E-state index contributed by atoms with van der Waals surface area (Å²) in [5.74, 6) is -0.224. The van der Waals surface area contributed by atoms with E-state index in [0.29, 0.717) is 18.8 Å². The number of rotatable bonds is 4. The lowest BCUT2D eigenvalue weighted by molar-refractivity contribution is -0.137. The molecule has 150 valence electrons. The summed E-state index contributed by atoms with van der Waals surface area (Å²) in [6.07, 6.45) is -2.19. The van der Waals surface area contributed by atoms with E-state index < -0.39 is 11.7 Å². The molecule has 1 fully saturated rings. The van der Waals surface area contributed by atoms with Crippen LogP contribution in [0.15, 0.2) is 42.7 Å². The molecule has 1 aliphatic heterocycles. The summed E-state index contributed by atoms with van der Waals surface area (Å²) in [5, 5.41) is 2.96. The van der Waals surface area contributed by atoms with Crippen LogP contribution < -0.4 is 15.1 Å². The molecule has 3 rings (SSSR count). The average Bonchev–Trinajstić information content (AvgIpc) is 3.04. The number of pyridine rings is 1. The third-order valence-corrected chi connectivity index (χ3v) is 4.94. The number of benzene rings is 1. The van der Waals surface area contributed by atoms with Gasteiger partial charge >= 0.3 is 6.18 Å². The van der Waals surface area contributed by atoms with Crippen LogP contribution >= 0.6 is 0 Å². The van der Waals surface area contributed by atoms with E-state index in [-0.39, 0.29) is 17.9 Å². The Morgan fingerprint density at radius 1 is 1.21 bits per heavy atom. The molecule has 1 saturated heterocycles. The van der Waals surface area contributed by atoms with Crippen molar-refractivity contribution in [3.63, 3.8) is 0 Å². The molecule has 1 amide bonds. The van der Waals surface area contributed by atoms with E-state index in [0.717, 1.165) is 23.5 Å². The lowest BCUT2D eigenvalue weighted by atomic mass is 9.92. The van der Waals surface area contributed by atoms with Crippen LogP contribution in [-0.2, 0) is 11.0 Å². The Balaban J connectivity index is 1.95. The molecule has 5 nitrogen and oxygen atoms in total. The van der Waals surface area contributed by atoms with Crippen LogP contribution in [0.2, 0.25) is 0 Å². The Hall–Kier alpha value is -2.77. The van der Waals surface area contributed by atoms with Gasteiger partial charge in [0.1, 0.15) is 0 Å². The topological polar surface area (TPSA) is 48.5 Å². The maximum absolute atomic E-state index is 13.1. The molecule has 0 aliphatic carbocycles. The van der Waals surface area contributed by atoms with E-state index in [1.807, 2.05) is 48.2 Å². The Kier molecular flexibility index (Phi) is 5.49. The molecule has 0 bridgehead atoms. The number of alkyl halides is 3. The number of nitrogens with zero attached hydrogens (tertiary/aromatic N) is 3. The molecular formula is C20H23F3N4O. The molecule has 2 aromatic rings. The molecule has 0 radical (unpaired) electrons. The van der Waals surface area contributed by atoms with Crippen LogP contribution in [0.5, 0.6) is 0 Å². The van der Waals surface area contributed by atoms with E-state index in [1.54, 1.807) is 0 Å². The Bertz CT molecular complexity index is 853. The SMILES string of the molecule is CC(=O)NC1CN(c2cncc(C(F)(F)F)c2)CC1c1ccccc1N(C)C. The van der Waals surface area contributed by atoms with Crippen LogP contribution in [0.4, 0.5) is 24.5 Å². The minimum absolute atomic E-state index is 0.0583. The van der Waals surface area contributed by atoms with Gasteiger partial charge in [-0.1, -0.05) is 18.2 Å². The van der Waals surface area contributed by atoms with Gasteiger partial charge in [-0.05, 0) is 17.7 Å². The summed E-state index contributed by atoms with van der Waals surface area (Å²) in [6.45, 7) is 2.34. The third kappa shape index (κ3) is 4.21. The van der Waals surface area contributed by atoms with Crippen molar-refractivity contribution in [2.24, 2.45) is 0 Å². The van der Waals surface area contributed by atoms with Gasteiger partial charge in [0.2, 0.25) is 5.91 Å². The number of aromatic nitrogens is 1. The number of halogens is 3. The summed E-state index contributed by atoms with van der Waals surface area (Å²) in [7, 11) is 3.88. The fraction of sp³-hybridized carbons (Fsp3) is 0.400. The van der Waals surface area contributed by atoms with Crippen molar-refractivity contribution in [3.8, 4) is 0 Å². The second kappa shape index (κ2) is 7.69. The molecule has 0 saturated carbocycles. The van der Waals surface area contributed by atoms with Gasteiger partial charge in [-0.15, -0.1) is 0 Å². The number of carbonyl (C=O) groups excluding carboxylic acids is 1. The van der Waals surface area contributed by atoms with Gasteiger partial charge in [0, 0.05) is 51.9 Å². The first-order valence-corrected chi connectivity index (χ1v) is 8.97. The van der Waals surface area contributed by atoms with Gasteiger partial charge in [0.25, 0.3) is 0 Å². The highest BCUT2D eigenvalue weighted by atomic mass is 19.4. The van der Waals surface area contributed by atoms with E-state index in [2.05, 4.69) is 10.3 Å². The molecule has 2 unspecified atom stereocenters. The second-order valence-corrected chi connectivity index (χ2v) is 7.20. The number of hydrogen-bond acceptors (Lipinski definition) is 4. The molecule has 1 aromatic carbocycles. The predicted octanol–water partition coefficient (Wildman–Crippen LogP) is 3.27. The first-order chi connectivity index (χ1) is 13.2. The zero-order valence-electron chi connectivity index (χ0n) is 16.0. The van der Waals surface area contributed by atoms with Crippen molar-refractivity contribution in [2.75, 3.05) is 37.0 Å². The maximum Gasteiger partial charge on any atom is 0.417 e. The molecule has 2 atom stereocenters. The van der Waals surface area contributed by atoms with Crippen molar-refractivity contribution in [1.29, 1.82) is 0 Å². The highest BCUT2D eigenvalue weighted by Gasteiger charge is 2.37. The van der Waals surface area contributed by atoms with Crippen LogP contribution in [0.25, 0.3) is 0 Å². The fourth-order valence-electron chi connectivity index (χ4n) is 3.70. The van der Waals surface area contributed by atoms with Crippen molar-refractivity contribution in [2.45, 2.75) is 25.1 Å². The lowest BCUT2D eigenvalue weighted by Crippen LogP contribution is -2.38. The van der Waals surface area contributed by atoms with Gasteiger partial charge < -0.3 is 15.1 Å². The zero-order valence-corrected chi connectivity index (χ0v) is 16.0. The van der Waals surface area contributed by atoms with Gasteiger partial charge in [-0.25, -0.2) is 0 Å². The normalized spacial score (nSPS) is 19.6. The highest BCUT2D eigenvalue weighted by molar-refractivity contribution is 5.74.